The van der Waals surface area contributed by atoms with E-state index in [9.17, 15) is 4.79 Å². The van der Waals surface area contributed by atoms with E-state index in [4.69, 9.17) is 9.47 Å². The van der Waals surface area contributed by atoms with E-state index in [0.717, 1.165) is 57.8 Å². The number of amides is 1. The number of fused-ring (bicyclic) bond motifs is 1. The second-order valence-corrected chi connectivity index (χ2v) is 8.99. The van der Waals surface area contributed by atoms with E-state index in [1.807, 2.05) is 46.8 Å². The van der Waals surface area contributed by atoms with Crippen LogP contribution in [0.3, 0.4) is 0 Å². The van der Waals surface area contributed by atoms with Crippen LogP contribution in [0.2, 0.25) is 0 Å². The molecule has 1 fully saturated rings. The molecule has 3 aromatic rings. The third-order valence-electron chi connectivity index (χ3n) is 5.15. The van der Waals surface area contributed by atoms with E-state index in [0.29, 0.717) is 19.1 Å². The maximum atomic E-state index is 13.1. The Labute approximate surface area is 171 Å². The van der Waals surface area contributed by atoms with Crippen molar-refractivity contribution in [1.29, 1.82) is 0 Å². The molecular weight excluding hydrogens is 392 g/mol. The molecule has 5 nitrogen and oxygen atoms in total. The number of thiophene rings is 1. The molecule has 0 saturated carbocycles. The zero-order valence-corrected chi connectivity index (χ0v) is 16.9. The number of likely N-dealkylation sites (tertiary alicyclic amines) is 1. The molecule has 0 N–H and O–H groups in total. The summed E-state index contributed by atoms with van der Waals surface area (Å²) in [5.41, 5.74) is 1.05. The molecule has 2 aliphatic rings. The van der Waals surface area contributed by atoms with Crippen molar-refractivity contribution >= 4 is 28.6 Å². The minimum atomic E-state index is 0.120. The molecule has 7 heteroatoms. The second-order valence-electron chi connectivity index (χ2n) is 6.98. The maximum absolute atomic E-state index is 13.1. The number of carbonyl (C=O) groups excluding carboxylic acids is 1. The minimum Gasteiger partial charge on any atom is -0.486 e. The molecule has 28 heavy (non-hydrogen) atoms. The normalized spacial score (nSPS) is 18.9. The largest absolute Gasteiger partial charge is 0.486 e. The molecule has 0 radical (unpaired) electrons. The van der Waals surface area contributed by atoms with Gasteiger partial charge in [0.1, 0.15) is 13.2 Å². The van der Waals surface area contributed by atoms with Crippen LogP contribution in [0.4, 0.5) is 0 Å². The highest BCUT2D eigenvalue weighted by atomic mass is 32.1. The molecule has 144 valence electrons. The number of nitrogens with zero attached hydrogens (tertiary/aromatic N) is 2. The SMILES string of the molecule is O=C(c1ccc(-c2ccc3c(c2)OCCO3)s1)N1CCCC(c2nccs2)C1. The first-order valence-electron chi connectivity index (χ1n) is 9.46. The summed E-state index contributed by atoms with van der Waals surface area (Å²) < 4.78 is 11.3. The predicted octanol–water partition coefficient (Wildman–Crippen LogP) is 4.66. The summed E-state index contributed by atoms with van der Waals surface area (Å²) in [6, 6.07) is 9.91. The Morgan fingerprint density at radius 1 is 1.14 bits per heavy atom. The zero-order valence-electron chi connectivity index (χ0n) is 15.3. The van der Waals surface area contributed by atoms with E-state index in [1.54, 1.807) is 11.3 Å². The van der Waals surface area contributed by atoms with Gasteiger partial charge in [0.25, 0.3) is 5.91 Å². The molecule has 1 atom stereocenters. The van der Waals surface area contributed by atoms with E-state index < -0.39 is 0 Å². The van der Waals surface area contributed by atoms with Crippen LogP contribution in [-0.4, -0.2) is 42.1 Å². The summed E-state index contributed by atoms with van der Waals surface area (Å²) in [7, 11) is 0. The van der Waals surface area contributed by atoms with Gasteiger partial charge in [-0.25, -0.2) is 4.98 Å². The highest BCUT2D eigenvalue weighted by molar-refractivity contribution is 7.17. The van der Waals surface area contributed by atoms with Gasteiger partial charge in [-0.3, -0.25) is 4.79 Å². The van der Waals surface area contributed by atoms with Crippen LogP contribution in [0.1, 0.15) is 33.4 Å². The number of rotatable bonds is 3. The fraction of sp³-hybridized carbons (Fsp3) is 0.333. The minimum absolute atomic E-state index is 0.120. The second kappa shape index (κ2) is 7.56. The summed E-state index contributed by atoms with van der Waals surface area (Å²) >= 11 is 3.22. The van der Waals surface area contributed by atoms with Gasteiger partial charge < -0.3 is 14.4 Å². The lowest BCUT2D eigenvalue weighted by atomic mass is 9.98. The number of thiazole rings is 1. The van der Waals surface area contributed by atoms with Crippen LogP contribution in [0, 0.1) is 0 Å². The Balaban J connectivity index is 1.33. The van der Waals surface area contributed by atoms with Crippen molar-refractivity contribution < 1.29 is 14.3 Å². The zero-order chi connectivity index (χ0) is 18.9. The lowest BCUT2D eigenvalue weighted by Crippen LogP contribution is -2.38. The average Bonchev–Trinajstić information content (AvgIpc) is 3.45. The first-order chi connectivity index (χ1) is 13.8. The number of hydrogen-bond donors (Lipinski definition) is 0. The van der Waals surface area contributed by atoms with Gasteiger partial charge in [-0.15, -0.1) is 22.7 Å². The molecule has 4 heterocycles. The summed E-state index contributed by atoms with van der Waals surface area (Å²) in [5, 5.41) is 3.15. The summed E-state index contributed by atoms with van der Waals surface area (Å²) in [6.45, 7) is 2.73. The smallest absolute Gasteiger partial charge is 0.263 e. The van der Waals surface area contributed by atoms with E-state index in [2.05, 4.69) is 4.98 Å². The first kappa shape index (κ1) is 17.7. The van der Waals surface area contributed by atoms with E-state index in [1.165, 1.54) is 11.3 Å². The van der Waals surface area contributed by atoms with Crippen molar-refractivity contribution in [3.8, 4) is 21.9 Å². The number of ether oxygens (including phenoxy) is 2. The van der Waals surface area contributed by atoms with Gasteiger partial charge in [-0.05, 0) is 48.7 Å². The topological polar surface area (TPSA) is 51.7 Å². The molecule has 5 rings (SSSR count). The monoisotopic (exact) mass is 412 g/mol. The molecule has 0 spiro atoms. The van der Waals surface area contributed by atoms with Gasteiger partial charge in [0, 0.05) is 35.5 Å². The van der Waals surface area contributed by atoms with Crippen molar-refractivity contribution in [2.24, 2.45) is 0 Å². The highest BCUT2D eigenvalue weighted by Gasteiger charge is 2.27. The van der Waals surface area contributed by atoms with Crippen LogP contribution in [0.25, 0.3) is 10.4 Å². The molecule has 2 aliphatic heterocycles. The van der Waals surface area contributed by atoms with Crippen LogP contribution >= 0.6 is 22.7 Å². The summed E-state index contributed by atoms with van der Waals surface area (Å²) in [6.07, 6.45) is 3.97. The average molecular weight is 413 g/mol. The molecule has 0 bridgehead atoms. The number of piperidine rings is 1. The fourth-order valence-corrected chi connectivity index (χ4v) is 5.50. The van der Waals surface area contributed by atoms with Crippen LogP contribution in [0.15, 0.2) is 41.9 Å². The fourth-order valence-electron chi connectivity index (χ4n) is 3.76. The van der Waals surface area contributed by atoms with Crippen LogP contribution < -0.4 is 9.47 Å². The Morgan fingerprint density at radius 2 is 2.04 bits per heavy atom. The molecule has 1 amide bonds. The molecule has 0 aliphatic carbocycles. The quantitative estimate of drug-likeness (QED) is 0.628. The number of hydrogen-bond acceptors (Lipinski definition) is 6. The van der Waals surface area contributed by atoms with Gasteiger partial charge in [-0.1, -0.05) is 0 Å². The van der Waals surface area contributed by atoms with Crippen molar-refractivity contribution in [1.82, 2.24) is 9.88 Å². The van der Waals surface area contributed by atoms with Gasteiger partial charge in [0.2, 0.25) is 0 Å². The van der Waals surface area contributed by atoms with Crippen molar-refractivity contribution in [3.05, 3.63) is 51.8 Å². The molecule has 1 aromatic carbocycles. The molecular formula is C21H20N2O3S2. The van der Waals surface area contributed by atoms with Gasteiger partial charge in [-0.2, -0.15) is 0 Å². The molecule has 1 unspecified atom stereocenters. The Kier molecular flexibility index (Phi) is 4.78. The first-order valence-corrected chi connectivity index (χ1v) is 11.2. The van der Waals surface area contributed by atoms with Gasteiger partial charge >= 0.3 is 0 Å². The van der Waals surface area contributed by atoms with Crippen LogP contribution in [-0.2, 0) is 0 Å². The molecule has 2 aromatic heterocycles. The highest BCUT2D eigenvalue weighted by Crippen LogP contribution is 2.37. The Morgan fingerprint density at radius 3 is 2.89 bits per heavy atom. The van der Waals surface area contributed by atoms with E-state index >= 15 is 0 Å². The summed E-state index contributed by atoms with van der Waals surface area (Å²) in [4.78, 5) is 21.3. The Hall–Kier alpha value is -2.38. The third kappa shape index (κ3) is 3.40. The predicted molar refractivity (Wildman–Crippen MR) is 111 cm³/mol. The van der Waals surface area contributed by atoms with Crippen LogP contribution in [0.5, 0.6) is 11.5 Å². The van der Waals surface area contributed by atoms with Crippen molar-refractivity contribution in [3.63, 3.8) is 0 Å². The lowest BCUT2D eigenvalue weighted by Gasteiger charge is -2.31. The Bertz CT molecular complexity index is 983. The van der Waals surface area contributed by atoms with Crippen molar-refractivity contribution in [2.75, 3.05) is 26.3 Å². The maximum Gasteiger partial charge on any atom is 0.263 e. The number of aromatic nitrogens is 1. The van der Waals surface area contributed by atoms with E-state index in [-0.39, 0.29) is 5.91 Å². The standard InChI is InChI=1S/C21H20N2O3S2/c24-21(23-8-1-2-15(13-23)20-22-7-11-27-20)19-6-5-18(28-19)14-3-4-16-17(12-14)26-10-9-25-16/h3-7,11-12,15H,1-2,8-10,13H2. The molecule has 1 saturated heterocycles. The third-order valence-corrected chi connectivity index (χ3v) is 7.21. The van der Waals surface area contributed by atoms with Gasteiger partial charge in [0.15, 0.2) is 11.5 Å². The lowest BCUT2D eigenvalue weighted by molar-refractivity contribution is 0.0712. The summed E-state index contributed by atoms with van der Waals surface area (Å²) in [5.74, 6) is 2.03. The van der Waals surface area contributed by atoms with Crippen molar-refractivity contribution in [2.45, 2.75) is 18.8 Å². The number of carbonyl (C=O) groups is 1. The van der Waals surface area contributed by atoms with Gasteiger partial charge in [0.05, 0.1) is 9.88 Å². The number of benzene rings is 1.